The molecule has 0 atom stereocenters. The summed E-state index contributed by atoms with van der Waals surface area (Å²) in [6.45, 7) is 8.73. The van der Waals surface area contributed by atoms with Gasteiger partial charge in [0.15, 0.2) is 0 Å². The Morgan fingerprint density at radius 1 is 1.35 bits per heavy atom. The maximum atomic E-state index is 6.22. The summed E-state index contributed by atoms with van der Waals surface area (Å²) in [7, 11) is 0. The van der Waals surface area contributed by atoms with E-state index in [1.54, 1.807) is 0 Å². The van der Waals surface area contributed by atoms with E-state index in [0.29, 0.717) is 5.41 Å². The Hall–Kier alpha value is -0.530. The van der Waals surface area contributed by atoms with Crippen LogP contribution in [0.4, 0.5) is 0 Å². The molecule has 2 rings (SSSR count). The summed E-state index contributed by atoms with van der Waals surface area (Å²) in [5, 5.41) is 4.44. The number of halogens is 1. The van der Waals surface area contributed by atoms with Crippen molar-refractivity contribution < 1.29 is 0 Å². The standard InChI is InChI=1S/C15H22ClN/c1-11(2)15(6-7-15)10-17-9-13-5-4-12(3)8-14(13)16/h4-5,8,11,17H,6-7,9-10H2,1-3H3. The van der Waals surface area contributed by atoms with E-state index in [0.717, 1.165) is 24.0 Å². The molecule has 0 unspecified atom stereocenters. The average Bonchev–Trinajstić information content (AvgIpc) is 3.02. The van der Waals surface area contributed by atoms with Crippen LogP contribution in [-0.2, 0) is 6.54 Å². The SMILES string of the molecule is Cc1ccc(CNCC2(C(C)C)CC2)c(Cl)c1. The quantitative estimate of drug-likeness (QED) is 0.828. The Bertz CT molecular complexity index is 394. The third-order valence-corrected chi connectivity index (χ3v) is 4.47. The van der Waals surface area contributed by atoms with Gasteiger partial charge < -0.3 is 5.32 Å². The number of rotatable bonds is 5. The molecule has 0 heterocycles. The van der Waals surface area contributed by atoms with E-state index in [4.69, 9.17) is 11.6 Å². The van der Waals surface area contributed by atoms with Crippen LogP contribution >= 0.6 is 11.6 Å². The number of aryl methyl sites for hydroxylation is 1. The topological polar surface area (TPSA) is 12.0 Å². The summed E-state index contributed by atoms with van der Waals surface area (Å²) in [5.74, 6) is 0.781. The van der Waals surface area contributed by atoms with Crippen LogP contribution in [-0.4, -0.2) is 6.54 Å². The molecule has 1 saturated carbocycles. The molecular weight excluding hydrogens is 230 g/mol. The maximum absolute atomic E-state index is 6.22. The lowest BCUT2D eigenvalue weighted by Gasteiger charge is -2.20. The molecule has 1 N–H and O–H groups in total. The molecular formula is C15H22ClN. The van der Waals surface area contributed by atoms with Crippen LogP contribution in [0.5, 0.6) is 0 Å². The third-order valence-electron chi connectivity index (χ3n) is 4.12. The zero-order valence-corrected chi connectivity index (χ0v) is 11.8. The van der Waals surface area contributed by atoms with E-state index in [1.165, 1.54) is 24.0 Å². The smallest absolute Gasteiger partial charge is 0.0453 e. The van der Waals surface area contributed by atoms with E-state index < -0.39 is 0 Å². The molecule has 0 amide bonds. The van der Waals surface area contributed by atoms with Gasteiger partial charge in [-0.2, -0.15) is 0 Å². The van der Waals surface area contributed by atoms with Crippen LogP contribution in [0.2, 0.25) is 5.02 Å². The predicted octanol–water partition coefficient (Wildman–Crippen LogP) is 4.17. The summed E-state index contributed by atoms with van der Waals surface area (Å²) in [6, 6.07) is 6.28. The van der Waals surface area contributed by atoms with Crippen LogP contribution in [0.15, 0.2) is 18.2 Å². The van der Waals surface area contributed by atoms with Gasteiger partial charge in [-0.1, -0.05) is 37.6 Å². The first-order valence-electron chi connectivity index (χ1n) is 6.49. The Labute approximate surface area is 110 Å². The molecule has 0 spiro atoms. The van der Waals surface area contributed by atoms with Crippen molar-refractivity contribution in [2.24, 2.45) is 11.3 Å². The number of hydrogen-bond donors (Lipinski definition) is 1. The first-order valence-corrected chi connectivity index (χ1v) is 6.87. The number of hydrogen-bond acceptors (Lipinski definition) is 1. The van der Waals surface area contributed by atoms with Gasteiger partial charge in [0.05, 0.1) is 0 Å². The minimum Gasteiger partial charge on any atom is -0.312 e. The van der Waals surface area contributed by atoms with Crippen LogP contribution in [0.25, 0.3) is 0 Å². The summed E-state index contributed by atoms with van der Waals surface area (Å²) >= 11 is 6.22. The lowest BCUT2D eigenvalue weighted by atomic mass is 9.92. The fraction of sp³-hybridized carbons (Fsp3) is 0.600. The minimum absolute atomic E-state index is 0.567. The molecule has 17 heavy (non-hydrogen) atoms. The molecule has 1 aromatic rings. The largest absolute Gasteiger partial charge is 0.312 e. The fourth-order valence-corrected chi connectivity index (χ4v) is 2.66. The molecule has 1 nitrogen and oxygen atoms in total. The van der Waals surface area contributed by atoms with Crippen molar-refractivity contribution >= 4 is 11.6 Å². The zero-order chi connectivity index (χ0) is 12.5. The lowest BCUT2D eigenvalue weighted by molar-refractivity contribution is 0.338. The number of benzene rings is 1. The second-order valence-corrected chi connectivity index (χ2v) is 6.12. The normalized spacial score (nSPS) is 17.5. The molecule has 0 aliphatic heterocycles. The van der Waals surface area contributed by atoms with E-state index in [2.05, 4.69) is 38.2 Å². The van der Waals surface area contributed by atoms with Crippen LogP contribution in [0.3, 0.4) is 0 Å². The highest BCUT2D eigenvalue weighted by Crippen LogP contribution is 2.51. The van der Waals surface area contributed by atoms with Crippen molar-refractivity contribution in [2.75, 3.05) is 6.54 Å². The van der Waals surface area contributed by atoms with Crippen molar-refractivity contribution in [1.29, 1.82) is 0 Å². The van der Waals surface area contributed by atoms with Gasteiger partial charge in [0, 0.05) is 18.1 Å². The molecule has 0 saturated heterocycles. The number of nitrogens with one attached hydrogen (secondary N) is 1. The van der Waals surface area contributed by atoms with Gasteiger partial charge in [0.1, 0.15) is 0 Å². The molecule has 0 bridgehead atoms. The van der Waals surface area contributed by atoms with Crippen molar-refractivity contribution in [2.45, 2.75) is 40.2 Å². The van der Waals surface area contributed by atoms with Gasteiger partial charge in [0.2, 0.25) is 0 Å². The maximum Gasteiger partial charge on any atom is 0.0453 e. The van der Waals surface area contributed by atoms with E-state index >= 15 is 0 Å². The molecule has 1 fully saturated rings. The highest BCUT2D eigenvalue weighted by atomic mass is 35.5. The van der Waals surface area contributed by atoms with E-state index in [-0.39, 0.29) is 0 Å². The third kappa shape index (κ3) is 3.02. The van der Waals surface area contributed by atoms with Gasteiger partial charge >= 0.3 is 0 Å². The second-order valence-electron chi connectivity index (χ2n) is 5.72. The Morgan fingerprint density at radius 3 is 2.59 bits per heavy atom. The van der Waals surface area contributed by atoms with Gasteiger partial charge in [-0.25, -0.2) is 0 Å². The highest BCUT2D eigenvalue weighted by molar-refractivity contribution is 6.31. The first kappa shape index (κ1) is 12.9. The molecule has 0 radical (unpaired) electrons. The average molecular weight is 252 g/mol. The monoisotopic (exact) mass is 251 g/mol. The molecule has 2 heteroatoms. The Morgan fingerprint density at radius 2 is 2.06 bits per heavy atom. The lowest BCUT2D eigenvalue weighted by Crippen LogP contribution is -2.27. The molecule has 1 aliphatic rings. The van der Waals surface area contributed by atoms with Crippen molar-refractivity contribution in [3.8, 4) is 0 Å². The predicted molar refractivity (Wildman–Crippen MR) is 74.4 cm³/mol. The van der Waals surface area contributed by atoms with E-state index in [1.807, 2.05) is 6.07 Å². The van der Waals surface area contributed by atoms with Gasteiger partial charge in [0.25, 0.3) is 0 Å². The summed E-state index contributed by atoms with van der Waals surface area (Å²) in [6.07, 6.45) is 2.75. The summed E-state index contributed by atoms with van der Waals surface area (Å²) < 4.78 is 0. The van der Waals surface area contributed by atoms with Crippen molar-refractivity contribution in [1.82, 2.24) is 5.32 Å². The van der Waals surface area contributed by atoms with E-state index in [9.17, 15) is 0 Å². The zero-order valence-electron chi connectivity index (χ0n) is 11.0. The van der Waals surface area contributed by atoms with Gasteiger partial charge in [-0.3, -0.25) is 0 Å². The van der Waals surface area contributed by atoms with Crippen LogP contribution in [0, 0.1) is 18.3 Å². The van der Waals surface area contributed by atoms with Crippen molar-refractivity contribution in [3.63, 3.8) is 0 Å². The molecule has 1 aliphatic carbocycles. The Kier molecular flexibility index (Phi) is 3.79. The van der Waals surface area contributed by atoms with Gasteiger partial charge in [-0.15, -0.1) is 0 Å². The van der Waals surface area contributed by atoms with Crippen molar-refractivity contribution in [3.05, 3.63) is 34.3 Å². The highest BCUT2D eigenvalue weighted by Gasteiger charge is 2.44. The van der Waals surface area contributed by atoms with Gasteiger partial charge in [-0.05, 0) is 48.3 Å². The Balaban J connectivity index is 1.86. The van der Waals surface area contributed by atoms with Crippen LogP contribution in [0.1, 0.15) is 37.8 Å². The summed E-state index contributed by atoms with van der Waals surface area (Å²) in [4.78, 5) is 0. The second kappa shape index (κ2) is 4.99. The van der Waals surface area contributed by atoms with Crippen LogP contribution < -0.4 is 5.32 Å². The minimum atomic E-state index is 0.567. The molecule has 94 valence electrons. The first-order chi connectivity index (χ1) is 8.03. The molecule has 0 aromatic heterocycles. The fourth-order valence-electron chi connectivity index (χ4n) is 2.36. The molecule has 1 aromatic carbocycles. The summed E-state index contributed by atoms with van der Waals surface area (Å²) in [5.41, 5.74) is 2.99.